The number of rotatable bonds is 4. The molecule has 5 nitrogen and oxygen atoms in total. The quantitative estimate of drug-likeness (QED) is 0.892. The van der Waals surface area contributed by atoms with Gasteiger partial charge in [0, 0.05) is 16.4 Å². The van der Waals surface area contributed by atoms with Gasteiger partial charge in [-0.1, -0.05) is 0 Å². The molecule has 1 aromatic carbocycles. The molecule has 0 atom stereocenters. The first-order valence-corrected chi connectivity index (χ1v) is 6.61. The Kier molecular flexibility index (Phi) is 4.24. The van der Waals surface area contributed by atoms with Gasteiger partial charge in [-0.2, -0.15) is 0 Å². The van der Waals surface area contributed by atoms with Crippen LogP contribution in [0.2, 0.25) is 0 Å². The van der Waals surface area contributed by atoms with Crippen molar-refractivity contribution >= 4 is 33.4 Å². The number of pyridine rings is 1. The van der Waals surface area contributed by atoms with E-state index in [9.17, 15) is 9.90 Å². The molecule has 0 bridgehead atoms. The molecule has 0 radical (unpaired) electrons. The lowest BCUT2D eigenvalue weighted by atomic mass is 10.2. The van der Waals surface area contributed by atoms with Gasteiger partial charge in [0.15, 0.2) is 0 Å². The van der Waals surface area contributed by atoms with Crippen molar-refractivity contribution in [3.63, 3.8) is 0 Å². The van der Waals surface area contributed by atoms with Crippen molar-refractivity contribution < 1.29 is 14.6 Å². The van der Waals surface area contributed by atoms with Crippen LogP contribution in [0.3, 0.4) is 0 Å². The van der Waals surface area contributed by atoms with Crippen molar-refractivity contribution in [1.82, 2.24) is 4.98 Å². The highest BCUT2D eigenvalue weighted by atomic mass is 79.9. The van der Waals surface area contributed by atoms with Gasteiger partial charge in [0.2, 0.25) is 0 Å². The summed E-state index contributed by atoms with van der Waals surface area (Å²) in [5.41, 5.74) is 1.81. The second-order valence-electron chi connectivity index (χ2n) is 4.16. The minimum atomic E-state index is -1.04. The molecule has 0 aliphatic rings. The van der Waals surface area contributed by atoms with Crippen molar-refractivity contribution in [2.75, 3.05) is 12.4 Å². The molecule has 0 fully saturated rings. The minimum Gasteiger partial charge on any atom is -0.496 e. The van der Waals surface area contributed by atoms with Gasteiger partial charge in [0.05, 0.1) is 7.11 Å². The monoisotopic (exact) mass is 336 g/mol. The molecule has 0 saturated carbocycles. The average Bonchev–Trinajstić information content (AvgIpc) is 2.41. The summed E-state index contributed by atoms with van der Waals surface area (Å²) in [5, 5.41) is 12.2. The van der Waals surface area contributed by atoms with Gasteiger partial charge >= 0.3 is 5.97 Å². The van der Waals surface area contributed by atoms with Gasteiger partial charge in [-0.3, -0.25) is 0 Å². The number of ether oxygens (including phenoxy) is 1. The number of carboxylic acid groups (broad SMARTS) is 1. The summed E-state index contributed by atoms with van der Waals surface area (Å²) in [6.45, 7) is 1.91. The maximum atomic E-state index is 11.2. The minimum absolute atomic E-state index is 0.104. The molecule has 1 heterocycles. The third-order valence-corrected chi connectivity index (χ3v) is 3.18. The van der Waals surface area contributed by atoms with E-state index in [1.807, 2.05) is 19.1 Å². The molecule has 0 unspecified atom stereocenters. The van der Waals surface area contributed by atoms with Crippen molar-refractivity contribution in [3.05, 3.63) is 46.1 Å². The largest absolute Gasteiger partial charge is 0.496 e. The first kappa shape index (κ1) is 14.3. The van der Waals surface area contributed by atoms with E-state index in [0.717, 1.165) is 17.0 Å². The average molecular weight is 337 g/mol. The van der Waals surface area contributed by atoms with Crippen LogP contribution in [-0.2, 0) is 0 Å². The lowest BCUT2D eigenvalue weighted by molar-refractivity contribution is 0.0697. The van der Waals surface area contributed by atoms with Gasteiger partial charge in [-0.25, -0.2) is 9.78 Å². The Labute approximate surface area is 124 Å². The van der Waals surface area contributed by atoms with Gasteiger partial charge in [-0.15, -0.1) is 0 Å². The number of carbonyl (C=O) groups is 1. The van der Waals surface area contributed by atoms with Crippen LogP contribution in [0.1, 0.15) is 15.9 Å². The van der Waals surface area contributed by atoms with Gasteiger partial charge < -0.3 is 15.2 Å². The summed E-state index contributed by atoms with van der Waals surface area (Å²) in [6.07, 6.45) is 1.55. The first-order chi connectivity index (χ1) is 9.51. The third kappa shape index (κ3) is 3.08. The Morgan fingerprint density at radius 2 is 2.15 bits per heavy atom. The van der Waals surface area contributed by atoms with Crippen molar-refractivity contribution in [2.24, 2.45) is 0 Å². The number of aryl methyl sites for hydroxylation is 1. The van der Waals surface area contributed by atoms with E-state index < -0.39 is 5.97 Å². The van der Waals surface area contributed by atoms with E-state index in [1.54, 1.807) is 19.4 Å². The van der Waals surface area contributed by atoms with Crippen LogP contribution in [0.15, 0.2) is 34.9 Å². The van der Waals surface area contributed by atoms with E-state index in [1.165, 1.54) is 6.07 Å². The zero-order valence-electron chi connectivity index (χ0n) is 11.0. The van der Waals surface area contributed by atoms with E-state index in [2.05, 4.69) is 26.2 Å². The summed E-state index contributed by atoms with van der Waals surface area (Å²) in [4.78, 5) is 15.3. The van der Waals surface area contributed by atoms with Gasteiger partial charge in [0.25, 0.3) is 0 Å². The highest BCUT2D eigenvalue weighted by Gasteiger charge is 2.12. The van der Waals surface area contributed by atoms with Crippen molar-refractivity contribution in [2.45, 2.75) is 6.92 Å². The fourth-order valence-electron chi connectivity index (χ4n) is 1.79. The molecule has 2 N–H and O–H groups in total. The number of hydrogen-bond donors (Lipinski definition) is 2. The standard InChI is InChI=1S/C14H13BrN2O3/c1-8-5-10(3-4-12(8)20-2)17-13-11(14(18)19)6-9(15)7-16-13/h3-7H,1-2H3,(H,16,17)(H,18,19). The molecule has 0 aliphatic heterocycles. The Hall–Kier alpha value is -2.08. The molecule has 0 saturated heterocycles. The number of benzene rings is 1. The highest BCUT2D eigenvalue weighted by Crippen LogP contribution is 2.26. The number of hydrogen-bond acceptors (Lipinski definition) is 4. The maximum absolute atomic E-state index is 11.2. The number of methoxy groups -OCH3 is 1. The number of aromatic carboxylic acids is 1. The summed E-state index contributed by atoms with van der Waals surface area (Å²) in [5.74, 6) is 0.0366. The second-order valence-corrected chi connectivity index (χ2v) is 5.08. The molecule has 2 rings (SSSR count). The predicted octanol–water partition coefficient (Wildman–Crippen LogP) is 3.60. The summed E-state index contributed by atoms with van der Waals surface area (Å²) in [6, 6.07) is 7.00. The summed E-state index contributed by atoms with van der Waals surface area (Å²) < 4.78 is 5.80. The fraction of sp³-hybridized carbons (Fsp3) is 0.143. The zero-order valence-corrected chi connectivity index (χ0v) is 12.6. The van der Waals surface area contributed by atoms with E-state index in [4.69, 9.17) is 4.74 Å². The third-order valence-electron chi connectivity index (χ3n) is 2.74. The predicted molar refractivity (Wildman–Crippen MR) is 79.9 cm³/mol. The molecule has 1 aromatic heterocycles. The van der Waals surface area contributed by atoms with Crippen LogP contribution in [0, 0.1) is 6.92 Å². The number of nitrogens with one attached hydrogen (secondary N) is 1. The van der Waals surface area contributed by atoms with Crippen LogP contribution < -0.4 is 10.1 Å². The van der Waals surface area contributed by atoms with Crippen LogP contribution in [-0.4, -0.2) is 23.2 Å². The first-order valence-electron chi connectivity index (χ1n) is 5.81. The topological polar surface area (TPSA) is 71.5 Å². The Morgan fingerprint density at radius 3 is 2.75 bits per heavy atom. The lowest BCUT2D eigenvalue weighted by Gasteiger charge is -2.11. The number of aromatic nitrogens is 1. The molecular weight excluding hydrogens is 324 g/mol. The van der Waals surface area contributed by atoms with E-state index in [-0.39, 0.29) is 5.56 Å². The van der Waals surface area contributed by atoms with E-state index in [0.29, 0.717) is 10.3 Å². The number of carboxylic acids is 1. The van der Waals surface area contributed by atoms with Crippen LogP contribution in [0.4, 0.5) is 11.5 Å². The fourth-order valence-corrected chi connectivity index (χ4v) is 2.13. The number of anilines is 2. The van der Waals surface area contributed by atoms with E-state index >= 15 is 0 Å². The molecule has 20 heavy (non-hydrogen) atoms. The van der Waals surface area contributed by atoms with Gasteiger partial charge in [-0.05, 0) is 52.7 Å². The van der Waals surface area contributed by atoms with Crippen LogP contribution in [0.25, 0.3) is 0 Å². The van der Waals surface area contributed by atoms with Crippen LogP contribution in [0.5, 0.6) is 5.75 Å². The Balaban J connectivity index is 2.35. The molecule has 2 aromatic rings. The molecule has 0 amide bonds. The maximum Gasteiger partial charge on any atom is 0.339 e. The smallest absolute Gasteiger partial charge is 0.339 e. The normalized spacial score (nSPS) is 10.2. The summed E-state index contributed by atoms with van der Waals surface area (Å²) in [7, 11) is 1.61. The number of halogens is 1. The SMILES string of the molecule is COc1ccc(Nc2ncc(Br)cc2C(=O)O)cc1C. The molecule has 0 spiro atoms. The van der Waals surface area contributed by atoms with Crippen molar-refractivity contribution in [1.29, 1.82) is 0 Å². The van der Waals surface area contributed by atoms with Crippen molar-refractivity contribution in [3.8, 4) is 5.75 Å². The highest BCUT2D eigenvalue weighted by molar-refractivity contribution is 9.10. The molecule has 104 valence electrons. The van der Waals surface area contributed by atoms with Crippen LogP contribution >= 0.6 is 15.9 Å². The van der Waals surface area contributed by atoms with Gasteiger partial charge in [0.1, 0.15) is 17.1 Å². The molecule has 0 aliphatic carbocycles. The zero-order chi connectivity index (χ0) is 14.7. The summed E-state index contributed by atoms with van der Waals surface area (Å²) >= 11 is 3.21. The second kappa shape index (κ2) is 5.92. The molecule has 6 heteroatoms. The Morgan fingerprint density at radius 1 is 1.40 bits per heavy atom. The number of nitrogens with zero attached hydrogens (tertiary/aromatic N) is 1. The Bertz CT molecular complexity index is 659. The lowest BCUT2D eigenvalue weighted by Crippen LogP contribution is -2.05. The molecular formula is C14H13BrN2O3.